The summed E-state index contributed by atoms with van der Waals surface area (Å²) >= 11 is 0. The number of hydrogen-bond donors (Lipinski definition) is 0. The van der Waals surface area contributed by atoms with Crippen LogP contribution in [0, 0.1) is 26.6 Å². The Morgan fingerprint density at radius 3 is 2.57 bits per heavy atom. The zero-order valence-electron chi connectivity index (χ0n) is 16.3. The molecule has 0 atom stereocenters. The number of aryl methyl sites for hydroxylation is 3. The average molecular weight is 382 g/mol. The number of benzene rings is 1. The van der Waals surface area contributed by atoms with Crippen LogP contribution in [0.1, 0.15) is 33.1 Å². The minimum Gasteiger partial charge on any atom is -0.361 e. The van der Waals surface area contributed by atoms with E-state index in [9.17, 15) is 9.18 Å². The number of carbonyl (C=O) groups is 1. The SMILES string of the molecule is Cc1cc(C(=O)N2CCN(Cc3c(C)noc3C)CC2)c2ccc(F)cc2n1. The first-order valence-electron chi connectivity index (χ1n) is 9.42. The van der Waals surface area contributed by atoms with Gasteiger partial charge in [-0.1, -0.05) is 5.16 Å². The molecule has 4 rings (SSSR count). The quantitative estimate of drug-likeness (QED) is 0.696. The van der Waals surface area contributed by atoms with Crippen LogP contribution in [0.25, 0.3) is 10.9 Å². The number of carbonyl (C=O) groups excluding carboxylic acids is 1. The lowest BCUT2D eigenvalue weighted by Crippen LogP contribution is -2.48. The van der Waals surface area contributed by atoms with Crippen molar-refractivity contribution in [3.63, 3.8) is 0 Å². The summed E-state index contributed by atoms with van der Waals surface area (Å²) < 4.78 is 18.8. The van der Waals surface area contributed by atoms with Crippen molar-refractivity contribution < 1.29 is 13.7 Å². The summed E-state index contributed by atoms with van der Waals surface area (Å²) in [4.78, 5) is 21.7. The molecular formula is C21H23FN4O2. The van der Waals surface area contributed by atoms with E-state index in [1.54, 1.807) is 12.1 Å². The molecule has 1 aromatic carbocycles. The van der Waals surface area contributed by atoms with Crippen molar-refractivity contribution in [1.29, 1.82) is 0 Å². The minimum absolute atomic E-state index is 0.0286. The van der Waals surface area contributed by atoms with Gasteiger partial charge < -0.3 is 9.42 Å². The zero-order valence-corrected chi connectivity index (χ0v) is 16.3. The molecule has 0 bridgehead atoms. The van der Waals surface area contributed by atoms with Crippen LogP contribution in [0.4, 0.5) is 4.39 Å². The molecule has 1 saturated heterocycles. The number of rotatable bonds is 3. The molecule has 1 fully saturated rings. The molecule has 2 aromatic heterocycles. The number of piperazine rings is 1. The van der Waals surface area contributed by atoms with Crippen molar-refractivity contribution in [3.05, 3.63) is 58.4 Å². The van der Waals surface area contributed by atoms with Gasteiger partial charge in [-0.2, -0.15) is 0 Å². The summed E-state index contributed by atoms with van der Waals surface area (Å²) in [6.45, 7) is 9.33. The van der Waals surface area contributed by atoms with E-state index in [1.165, 1.54) is 12.1 Å². The van der Waals surface area contributed by atoms with E-state index in [4.69, 9.17) is 4.52 Å². The van der Waals surface area contributed by atoms with Crippen LogP contribution in [-0.4, -0.2) is 52.0 Å². The van der Waals surface area contributed by atoms with Crippen molar-refractivity contribution in [3.8, 4) is 0 Å². The fourth-order valence-electron chi connectivity index (χ4n) is 3.74. The summed E-state index contributed by atoms with van der Waals surface area (Å²) in [6.07, 6.45) is 0. The zero-order chi connectivity index (χ0) is 19.8. The van der Waals surface area contributed by atoms with E-state index in [2.05, 4.69) is 15.0 Å². The summed E-state index contributed by atoms with van der Waals surface area (Å²) in [5.74, 6) is 0.470. The highest BCUT2D eigenvalue weighted by Gasteiger charge is 2.25. The Morgan fingerprint density at radius 1 is 1.14 bits per heavy atom. The first-order valence-corrected chi connectivity index (χ1v) is 9.42. The van der Waals surface area contributed by atoms with Gasteiger partial charge in [0.05, 0.1) is 16.8 Å². The Kier molecular flexibility index (Phi) is 4.85. The summed E-state index contributed by atoms with van der Waals surface area (Å²) in [6, 6.07) is 6.18. The number of amides is 1. The lowest BCUT2D eigenvalue weighted by molar-refractivity contribution is 0.0629. The maximum absolute atomic E-state index is 13.6. The van der Waals surface area contributed by atoms with Gasteiger partial charge in [-0.25, -0.2) is 4.39 Å². The van der Waals surface area contributed by atoms with Gasteiger partial charge in [0.2, 0.25) is 0 Å². The molecule has 0 saturated carbocycles. The van der Waals surface area contributed by atoms with E-state index >= 15 is 0 Å². The topological polar surface area (TPSA) is 62.5 Å². The average Bonchev–Trinajstić information content (AvgIpc) is 2.99. The first kappa shape index (κ1) is 18.6. The Hall–Kier alpha value is -2.80. The second-order valence-corrected chi connectivity index (χ2v) is 7.34. The predicted octanol–water partition coefficient (Wildman–Crippen LogP) is 3.25. The first-order chi connectivity index (χ1) is 13.4. The van der Waals surface area contributed by atoms with Crippen LogP contribution < -0.4 is 0 Å². The molecule has 0 aliphatic carbocycles. The monoisotopic (exact) mass is 382 g/mol. The van der Waals surface area contributed by atoms with E-state index < -0.39 is 0 Å². The largest absolute Gasteiger partial charge is 0.361 e. The molecular weight excluding hydrogens is 359 g/mol. The Bertz CT molecular complexity index is 1010. The Labute approximate surface area is 162 Å². The van der Waals surface area contributed by atoms with Gasteiger partial charge in [-0.3, -0.25) is 14.7 Å². The third-order valence-electron chi connectivity index (χ3n) is 5.35. The molecule has 1 aliphatic rings. The minimum atomic E-state index is -0.350. The molecule has 1 aliphatic heterocycles. The standard InChI is InChI=1S/C21H23FN4O2/c1-13-10-18(17-5-4-16(22)11-20(17)23-13)21(27)26-8-6-25(7-9-26)12-19-14(2)24-28-15(19)3/h4-5,10-11H,6-9,12H2,1-3H3. The van der Waals surface area contributed by atoms with Gasteiger partial charge in [0.25, 0.3) is 5.91 Å². The number of fused-ring (bicyclic) bond motifs is 1. The van der Waals surface area contributed by atoms with Gasteiger partial charge in [0.15, 0.2) is 0 Å². The van der Waals surface area contributed by atoms with Gasteiger partial charge in [-0.05, 0) is 39.0 Å². The van der Waals surface area contributed by atoms with Crippen LogP contribution in [0.3, 0.4) is 0 Å². The van der Waals surface area contributed by atoms with Crippen LogP contribution in [0.5, 0.6) is 0 Å². The third kappa shape index (κ3) is 3.49. The molecule has 0 N–H and O–H groups in total. The third-order valence-corrected chi connectivity index (χ3v) is 5.35. The molecule has 3 aromatic rings. The molecule has 28 heavy (non-hydrogen) atoms. The second-order valence-electron chi connectivity index (χ2n) is 7.34. The normalized spacial score (nSPS) is 15.4. The highest BCUT2D eigenvalue weighted by Crippen LogP contribution is 2.22. The number of halogens is 1. The van der Waals surface area contributed by atoms with Crippen molar-refractivity contribution in [1.82, 2.24) is 19.9 Å². The fraction of sp³-hybridized carbons (Fsp3) is 0.381. The number of pyridine rings is 1. The number of hydrogen-bond acceptors (Lipinski definition) is 5. The summed E-state index contributed by atoms with van der Waals surface area (Å²) in [7, 11) is 0. The molecule has 1 amide bonds. The van der Waals surface area contributed by atoms with Gasteiger partial charge in [0.1, 0.15) is 11.6 Å². The molecule has 0 unspecified atom stereocenters. The van der Waals surface area contributed by atoms with Crippen molar-refractivity contribution in [2.24, 2.45) is 0 Å². The fourth-order valence-corrected chi connectivity index (χ4v) is 3.74. The molecule has 6 nitrogen and oxygen atoms in total. The molecule has 0 radical (unpaired) electrons. The maximum Gasteiger partial charge on any atom is 0.254 e. The van der Waals surface area contributed by atoms with E-state index in [0.717, 1.165) is 36.7 Å². The van der Waals surface area contributed by atoms with Crippen LogP contribution in [-0.2, 0) is 6.54 Å². The van der Waals surface area contributed by atoms with Crippen molar-refractivity contribution in [2.45, 2.75) is 27.3 Å². The van der Waals surface area contributed by atoms with Crippen LogP contribution in [0.15, 0.2) is 28.8 Å². The summed E-state index contributed by atoms with van der Waals surface area (Å²) in [5, 5.41) is 4.70. The smallest absolute Gasteiger partial charge is 0.254 e. The van der Waals surface area contributed by atoms with E-state index in [1.807, 2.05) is 25.7 Å². The van der Waals surface area contributed by atoms with E-state index in [0.29, 0.717) is 35.2 Å². The lowest BCUT2D eigenvalue weighted by atomic mass is 10.1. The van der Waals surface area contributed by atoms with Gasteiger partial charge in [0, 0.05) is 55.4 Å². The summed E-state index contributed by atoms with van der Waals surface area (Å²) in [5.41, 5.74) is 3.85. The van der Waals surface area contributed by atoms with Crippen LogP contribution >= 0.6 is 0 Å². The number of nitrogens with zero attached hydrogens (tertiary/aromatic N) is 4. The Balaban J connectivity index is 1.49. The molecule has 7 heteroatoms. The Morgan fingerprint density at radius 2 is 1.89 bits per heavy atom. The van der Waals surface area contributed by atoms with Crippen molar-refractivity contribution >= 4 is 16.8 Å². The predicted molar refractivity (Wildman–Crippen MR) is 104 cm³/mol. The van der Waals surface area contributed by atoms with Gasteiger partial charge in [-0.15, -0.1) is 0 Å². The molecule has 0 spiro atoms. The van der Waals surface area contributed by atoms with Crippen molar-refractivity contribution in [2.75, 3.05) is 26.2 Å². The second kappa shape index (κ2) is 7.31. The van der Waals surface area contributed by atoms with Crippen LogP contribution in [0.2, 0.25) is 0 Å². The maximum atomic E-state index is 13.6. The number of aromatic nitrogens is 2. The highest BCUT2D eigenvalue weighted by molar-refractivity contribution is 6.06. The highest BCUT2D eigenvalue weighted by atomic mass is 19.1. The van der Waals surface area contributed by atoms with Gasteiger partial charge >= 0.3 is 0 Å². The lowest BCUT2D eigenvalue weighted by Gasteiger charge is -2.35. The molecule has 146 valence electrons. The molecule has 3 heterocycles. The van der Waals surface area contributed by atoms with E-state index in [-0.39, 0.29) is 11.7 Å².